The molecular formula is C24H17F2N3OS. The van der Waals surface area contributed by atoms with Crippen molar-refractivity contribution in [3.63, 3.8) is 0 Å². The van der Waals surface area contributed by atoms with Gasteiger partial charge in [-0.05, 0) is 18.2 Å². The molecule has 1 amide bonds. The van der Waals surface area contributed by atoms with Crippen LogP contribution in [0.25, 0.3) is 22.5 Å². The SMILES string of the molecule is O=C(CSc1nc(-c2ccccc2)cc(-c2ccccc2)n1)Nc1ccc(F)cc1F. The number of nitrogens with zero attached hydrogens (tertiary/aromatic N) is 2. The molecule has 0 bridgehead atoms. The molecule has 4 nitrogen and oxygen atoms in total. The topological polar surface area (TPSA) is 54.9 Å². The number of rotatable bonds is 6. The average Bonchev–Trinajstić information content (AvgIpc) is 2.80. The van der Waals surface area contributed by atoms with Crippen LogP contribution in [0.4, 0.5) is 14.5 Å². The molecule has 0 spiro atoms. The van der Waals surface area contributed by atoms with Crippen LogP contribution in [0.3, 0.4) is 0 Å². The Balaban J connectivity index is 1.56. The lowest BCUT2D eigenvalue weighted by Gasteiger charge is -2.09. The van der Waals surface area contributed by atoms with Crippen LogP contribution in [-0.4, -0.2) is 21.6 Å². The van der Waals surface area contributed by atoms with E-state index >= 15 is 0 Å². The van der Waals surface area contributed by atoms with Crippen molar-refractivity contribution in [1.82, 2.24) is 9.97 Å². The zero-order valence-electron chi connectivity index (χ0n) is 16.3. The van der Waals surface area contributed by atoms with Crippen molar-refractivity contribution < 1.29 is 13.6 Å². The molecule has 0 atom stereocenters. The first kappa shape index (κ1) is 20.7. The van der Waals surface area contributed by atoms with Gasteiger partial charge in [0.25, 0.3) is 0 Å². The third-order valence-corrected chi connectivity index (χ3v) is 5.23. The zero-order valence-corrected chi connectivity index (χ0v) is 17.1. The fourth-order valence-corrected chi connectivity index (χ4v) is 3.57. The van der Waals surface area contributed by atoms with E-state index in [1.165, 1.54) is 6.07 Å². The molecule has 154 valence electrons. The number of hydrogen-bond donors (Lipinski definition) is 1. The van der Waals surface area contributed by atoms with E-state index in [2.05, 4.69) is 15.3 Å². The Morgan fingerprint density at radius 1 is 0.806 bits per heavy atom. The summed E-state index contributed by atoms with van der Waals surface area (Å²) < 4.78 is 26.8. The quantitative estimate of drug-likeness (QED) is 0.308. The first-order valence-corrected chi connectivity index (χ1v) is 10.4. The van der Waals surface area contributed by atoms with Crippen molar-refractivity contribution in [3.8, 4) is 22.5 Å². The molecular weight excluding hydrogens is 416 g/mol. The van der Waals surface area contributed by atoms with Gasteiger partial charge in [0, 0.05) is 17.2 Å². The largest absolute Gasteiger partial charge is 0.323 e. The number of nitrogens with one attached hydrogen (secondary N) is 1. The van der Waals surface area contributed by atoms with E-state index in [-0.39, 0.29) is 11.4 Å². The number of amides is 1. The Labute approximate surface area is 182 Å². The second kappa shape index (κ2) is 9.49. The zero-order chi connectivity index (χ0) is 21.6. The summed E-state index contributed by atoms with van der Waals surface area (Å²) in [6.07, 6.45) is 0. The van der Waals surface area contributed by atoms with E-state index in [0.29, 0.717) is 5.16 Å². The molecule has 0 unspecified atom stereocenters. The molecule has 4 aromatic rings. The predicted octanol–water partition coefficient (Wildman–Crippen LogP) is 5.82. The highest BCUT2D eigenvalue weighted by Crippen LogP contribution is 2.27. The smallest absolute Gasteiger partial charge is 0.234 e. The van der Waals surface area contributed by atoms with Gasteiger partial charge >= 0.3 is 0 Å². The summed E-state index contributed by atoms with van der Waals surface area (Å²) in [7, 11) is 0. The Morgan fingerprint density at radius 2 is 1.39 bits per heavy atom. The summed E-state index contributed by atoms with van der Waals surface area (Å²) in [6.45, 7) is 0. The Bertz CT molecular complexity index is 1150. The van der Waals surface area contributed by atoms with Crippen molar-refractivity contribution in [1.29, 1.82) is 0 Å². The van der Waals surface area contributed by atoms with Crippen molar-refractivity contribution in [2.24, 2.45) is 0 Å². The van der Waals surface area contributed by atoms with Crippen molar-refractivity contribution in [2.75, 3.05) is 11.1 Å². The maximum absolute atomic E-state index is 13.8. The van der Waals surface area contributed by atoms with Crippen molar-refractivity contribution >= 4 is 23.4 Å². The van der Waals surface area contributed by atoms with Crippen LogP contribution in [0.5, 0.6) is 0 Å². The summed E-state index contributed by atoms with van der Waals surface area (Å²) >= 11 is 1.14. The molecule has 1 N–H and O–H groups in total. The number of thioether (sulfide) groups is 1. The number of halogens is 2. The molecule has 0 radical (unpaired) electrons. The van der Waals surface area contributed by atoms with E-state index in [1.807, 2.05) is 66.7 Å². The average molecular weight is 433 g/mol. The standard InChI is InChI=1S/C24H17F2N3OS/c25-18-11-12-20(19(26)13-18)27-23(30)15-31-24-28-21(16-7-3-1-4-8-16)14-22(29-24)17-9-5-2-6-10-17/h1-14H,15H2,(H,27,30). The number of benzene rings is 3. The molecule has 0 saturated carbocycles. The summed E-state index contributed by atoms with van der Waals surface area (Å²) in [5.74, 6) is -1.99. The molecule has 0 aliphatic rings. The van der Waals surface area contributed by atoms with Gasteiger partial charge in [-0.15, -0.1) is 0 Å². The minimum absolute atomic E-state index is 0.0245. The van der Waals surface area contributed by atoms with Gasteiger partial charge in [-0.1, -0.05) is 72.4 Å². The van der Waals surface area contributed by atoms with Gasteiger partial charge in [-0.3, -0.25) is 4.79 Å². The minimum Gasteiger partial charge on any atom is -0.323 e. The normalized spacial score (nSPS) is 10.6. The van der Waals surface area contributed by atoms with E-state index in [4.69, 9.17) is 0 Å². The molecule has 0 aliphatic heterocycles. The first-order chi connectivity index (χ1) is 15.1. The lowest BCUT2D eigenvalue weighted by molar-refractivity contribution is -0.113. The highest BCUT2D eigenvalue weighted by atomic mass is 32.2. The van der Waals surface area contributed by atoms with E-state index < -0.39 is 17.5 Å². The highest BCUT2D eigenvalue weighted by Gasteiger charge is 2.12. The van der Waals surface area contributed by atoms with Gasteiger partial charge in [-0.25, -0.2) is 18.7 Å². The van der Waals surface area contributed by atoms with Gasteiger partial charge in [0.05, 0.1) is 22.8 Å². The highest BCUT2D eigenvalue weighted by molar-refractivity contribution is 7.99. The molecule has 3 aromatic carbocycles. The van der Waals surface area contributed by atoms with Gasteiger partial charge < -0.3 is 5.32 Å². The molecule has 31 heavy (non-hydrogen) atoms. The second-order valence-electron chi connectivity index (χ2n) is 6.61. The molecule has 7 heteroatoms. The molecule has 4 rings (SSSR count). The Hall–Kier alpha value is -3.58. The molecule has 0 fully saturated rings. The fourth-order valence-electron chi connectivity index (χ4n) is 2.91. The number of anilines is 1. The third-order valence-electron chi connectivity index (χ3n) is 4.38. The van der Waals surface area contributed by atoms with Crippen molar-refractivity contribution in [2.45, 2.75) is 5.16 Å². The van der Waals surface area contributed by atoms with Crippen LogP contribution in [0.1, 0.15) is 0 Å². The lowest BCUT2D eigenvalue weighted by Crippen LogP contribution is -2.15. The van der Waals surface area contributed by atoms with Crippen LogP contribution in [-0.2, 0) is 4.79 Å². The number of hydrogen-bond acceptors (Lipinski definition) is 4. The molecule has 1 heterocycles. The van der Waals surface area contributed by atoms with Gasteiger partial charge in [0.15, 0.2) is 5.16 Å². The summed E-state index contributed by atoms with van der Waals surface area (Å²) in [4.78, 5) is 21.5. The van der Waals surface area contributed by atoms with Crippen LogP contribution in [0.2, 0.25) is 0 Å². The Morgan fingerprint density at radius 3 is 1.94 bits per heavy atom. The summed E-state index contributed by atoms with van der Waals surface area (Å²) in [5.41, 5.74) is 3.27. The maximum atomic E-state index is 13.8. The first-order valence-electron chi connectivity index (χ1n) is 9.46. The summed E-state index contributed by atoms with van der Waals surface area (Å²) in [6, 6.07) is 24.3. The van der Waals surface area contributed by atoms with Crippen LogP contribution >= 0.6 is 11.8 Å². The van der Waals surface area contributed by atoms with Crippen LogP contribution in [0.15, 0.2) is 90.1 Å². The number of aromatic nitrogens is 2. The molecule has 0 aliphatic carbocycles. The van der Waals surface area contributed by atoms with E-state index in [9.17, 15) is 13.6 Å². The number of carbonyl (C=O) groups is 1. The second-order valence-corrected chi connectivity index (χ2v) is 7.56. The number of carbonyl (C=O) groups excluding carboxylic acids is 1. The predicted molar refractivity (Wildman–Crippen MR) is 119 cm³/mol. The minimum atomic E-state index is -0.827. The third kappa shape index (κ3) is 5.32. The van der Waals surface area contributed by atoms with Gasteiger partial charge in [0.1, 0.15) is 11.6 Å². The summed E-state index contributed by atoms with van der Waals surface area (Å²) in [5, 5.41) is 2.87. The fraction of sp³-hybridized carbons (Fsp3) is 0.0417. The van der Waals surface area contributed by atoms with E-state index in [0.717, 1.165) is 46.4 Å². The lowest BCUT2D eigenvalue weighted by atomic mass is 10.1. The van der Waals surface area contributed by atoms with Crippen LogP contribution in [0, 0.1) is 11.6 Å². The van der Waals surface area contributed by atoms with Crippen molar-refractivity contribution in [3.05, 3.63) is 96.6 Å². The van der Waals surface area contributed by atoms with E-state index in [1.54, 1.807) is 0 Å². The molecule has 0 saturated heterocycles. The molecule has 1 aromatic heterocycles. The maximum Gasteiger partial charge on any atom is 0.234 e. The monoisotopic (exact) mass is 433 g/mol. The Kier molecular flexibility index (Phi) is 6.33. The van der Waals surface area contributed by atoms with Gasteiger partial charge in [0.2, 0.25) is 5.91 Å². The van der Waals surface area contributed by atoms with Crippen LogP contribution < -0.4 is 5.32 Å². The van der Waals surface area contributed by atoms with Gasteiger partial charge in [-0.2, -0.15) is 0 Å².